The fourth-order valence-electron chi connectivity index (χ4n) is 2.45. The van der Waals surface area contributed by atoms with Crippen LogP contribution in [0.4, 0.5) is 0 Å². The molecule has 2 rings (SSSR count). The number of carboxylic acid groups (broad SMARTS) is 1. The van der Waals surface area contributed by atoms with E-state index in [1.165, 1.54) is 0 Å². The molecule has 1 heterocycles. The summed E-state index contributed by atoms with van der Waals surface area (Å²) in [7, 11) is 0. The molecular weight excluding hydrogens is 322 g/mol. The molecule has 1 fully saturated rings. The Morgan fingerprint density at radius 3 is 2.70 bits per heavy atom. The van der Waals surface area contributed by atoms with Gasteiger partial charge in [0.15, 0.2) is 0 Å². The van der Waals surface area contributed by atoms with Crippen molar-refractivity contribution < 1.29 is 14.7 Å². The SMILES string of the molecule is C[C@]1(C(=O)O)CCN(C(=O)CCc2ccccc2Br)C1. The Hall–Kier alpha value is -1.36. The lowest BCUT2D eigenvalue weighted by atomic mass is 9.90. The largest absolute Gasteiger partial charge is 0.481 e. The fourth-order valence-corrected chi connectivity index (χ4v) is 2.93. The van der Waals surface area contributed by atoms with Crippen molar-refractivity contribution in [3.63, 3.8) is 0 Å². The van der Waals surface area contributed by atoms with Crippen LogP contribution in [-0.2, 0) is 16.0 Å². The van der Waals surface area contributed by atoms with E-state index in [4.69, 9.17) is 0 Å². The predicted octanol–water partition coefficient (Wildman–Crippen LogP) is 2.70. The molecule has 1 aromatic rings. The summed E-state index contributed by atoms with van der Waals surface area (Å²) in [5, 5.41) is 9.17. The van der Waals surface area contributed by atoms with Crippen LogP contribution in [0.25, 0.3) is 0 Å². The number of hydrogen-bond donors (Lipinski definition) is 1. The van der Waals surface area contributed by atoms with Crippen LogP contribution in [0.1, 0.15) is 25.3 Å². The molecule has 1 aliphatic rings. The molecule has 1 saturated heterocycles. The van der Waals surface area contributed by atoms with Gasteiger partial charge in [0.05, 0.1) is 5.41 Å². The molecule has 0 aromatic heterocycles. The van der Waals surface area contributed by atoms with Crippen LogP contribution in [0.3, 0.4) is 0 Å². The first-order chi connectivity index (χ1) is 9.42. The Kier molecular flexibility index (Phi) is 4.48. The molecule has 0 radical (unpaired) electrons. The van der Waals surface area contributed by atoms with E-state index in [1.54, 1.807) is 11.8 Å². The topological polar surface area (TPSA) is 57.6 Å². The van der Waals surface area contributed by atoms with Crippen LogP contribution in [0.5, 0.6) is 0 Å². The minimum atomic E-state index is -0.821. The van der Waals surface area contributed by atoms with Gasteiger partial charge >= 0.3 is 5.97 Å². The van der Waals surface area contributed by atoms with Crippen molar-refractivity contribution in [2.24, 2.45) is 5.41 Å². The lowest BCUT2D eigenvalue weighted by molar-refractivity contribution is -0.147. The number of aliphatic carboxylic acids is 1. The number of benzene rings is 1. The maximum atomic E-state index is 12.2. The first-order valence-electron chi connectivity index (χ1n) is 6.67. The Balaban J connectivity index is 1.91. The minimum absolute atomic E-state index is 0.0331. The first kappa shape index (κ1) is 15.0. The van der Waals surface area contributed by atoms with Crippen LogP contribution in [-0.4, -0.2) is 35.0 Å². The molecule has 0 saturated carbocycles. The zero-order valence-corrected chi connectivity index (χ0v) is 13.0. The highest BCUT2D eigenvalue weighted by Gasteiger charge is 2.41. The van der Waals surface area contributed by atoms with Gasteiger partial charge in [-0.2, -0.15) is 0 Å². The van der Waals surface area contributed by atoms with Gasteiger partial charge in [-0.25, -0.2) is 0 Å². The number of carbonyl (C=O) groups is 2. The Bertz CT molecular complexity index is 532. The van der Waals surface area contributed by atoms with Crippen molar-refractivity contribution in [2.45, 2.75) is 26.2 Å². The van der Waals surface area contributed by atoms with Gasteiger partial charge in [-0.3, -0.25) is 9.59 Å². The van der Waals surface area contributed by atoms with Crippen LogP contribution in [0.2, 0.25) is 0 Å². The van der Waals surface area contributed by atoms with E-state index in [0.29, 0.717) is 32.4 Å². The second kappa shape index (κ2) is 5.95. The summed E-state index contributed by atoms with van der Waals surface area (Å²) in [4.78, 5) is 25.0. The highest BCUT2D eigenvalue weighted by atomic mass is 79.9. The molecule has 20 heavy (non-hydrogen) atoms. The highest BCUT2D eigenvalue weighted by molar-refractivity contribution is 9.10. The molecule has 1 amide bonds. The van der Waals surface area contributed by atoms with Crippen molar-refractivity contribution in [1.29, 1.82) is 0 Å². The fraction of sp³-hybridized carbons (Fsp3) is 0.467. The number of carboxylic acids is 1. The molecule has 0 unspecified atom stereocenters. The maximum absolute atomic E-state index is 12.2. The highest BCUT2D eigenvalue weighted by Crippen LogP contribution is 2.30. The van der Waals surface area contributed by atoms with Crippen molar-refractivity contribution >= 4 is 27.8 Å². The van der Waals surface area contributed by atoms with Crippen molar-refractivity contribution in [3.8, 4) is 0 Å². The van der Waals surface area contributed by atoms with Gasteiger partial charge in [0.25, 0.3) is 0 Å². The Morgan fingerprint density at radius 2 is 2.10 bits per heavy atom. The summed E-state index contributed by atoms with van der Waals surface area (Å²) in [6.07, 6.45) is 1.61. The third-order valence-corrected chi connectivity index (χ3v) is 4.68. The van der Waals surface area contributed by atoms with Crippen LogP contribution < -0.4 is 0 Å². The van der Waals surface area contributed by atoms with E-state index >= 15 is 0 Å². The normalized spacial score (nSPS) is 22.0. The van der Waals surface area contributed by atoms with Gasteiger partial charge in [-0.05, 0) is 31.4 Å². The molecular formula is C15H18BrNO3. The van der Waals surface area contributed by atoms with Crippen LogP contribution in [0, 0.1) is 5.41 Å². The third kappa shape index (κ3) is 3.20. The first-order valence-corrected chi connectivity index (χ1v) is 7.46. The molecule has 0 aliphatic carbocycles. The van der Waals surface area contributed by atoms with Gasteiger partial charge in [0, 0.05) is 24.0 Å². The summed E-state index contributed by atoms with van der Waals surface area (Å²) in [6, 6.07) is 7.83. The van der Waals surface area contributed by atoms with Crippen molar-refractivity contribution in [1.82, 2.24) is 4.90 Å². The summed E-state index contributed by atoms with van der Waals surface area (Å²) >= 11 is 3.46. The molecule has 1 N–H and O–H groups in total. The van der Waals surface area contributed by atoms with E-state index in [1.807, 2.05) is 24.3 Å². The predicted molar refractivity (Wildman–Crippen MR) is 79.4 cm³/mol. The summed E-state index contributed by atoms with van der Waals surface area (Å²) < 4.78 is 1.00. The Morgan fingerprint density at radius 1 is 1.40 bits per heavy atom. The van der Waals surface area contributed by atoms with E-state index in [0.717, 1.165) is 10.0 Å². The third-order valence-electron chi connectivity index (χ3n) is 3.91. The smallest absolute Gasteiger partial charge is 0.311 e. The summed E-state index contributed by atoms with van der Waals surface area (Å²) in [5.41, 5.74) is 0.309. The summed E-state index contributed by atoms with van der Waals surface area (Å²) in [6.45, 7) is 2.56. The maximum Gasteiger partial charge on any atom is 0.311 e. The molecule has 0 bridgehead atoms. The second-order valence-electron chi connectivity index (χ2n) is 5.52. The molecule has 0 spiro atoms. The average Bonchev–Trinajstić information content (AvgIpc) is 2.82. The lowest BCUT2D eigenvalue weighted by Gasteiger charge is -2.20. The van der Waals surface area contributed by atoms with Gasteiger partial charge in [0.2, 0.25) is 5.91 Å². The van der Waals surface area contributed by atoms with E-state index in [9.17, 15) is 14.7 Å². The standard InChI is InChI=1S/C15H18BrNO3/c1-15(14(19)20)8-9-17(10-15)13(18)7-6-11-4-2-3-5-12(11)16/h2-5H,6-10H2,1H3,(H,19,20)/t15-/m0/s1. The number of aryl methyl sites for hydroxylation is 1. The molecule has 1 aromatic carbocycles. The quantitative estimate of drug-likeness (QED) is 0.917. The second-order valence-corrected chi connectivity index (χ2v) is 6.38. The zero-order chi connectivity index (χ0) is 14.8. The number of nitrogens with zero attached hydrogens (tertiary/aromatic N) is 1. The summed E-state index contributed by atoms with van der Waals surface area (Å²) in [5.74, 6) is -0.788. The lowest BCUT2D eigenvalue weighted by Crippen LogP contribution is -2.34. The van der Waals surface area contributed by atoms with E-state index < -0.39 is 11.4 Å². The Labute approximate surface area is 126 Å². The van der Waals surface area contributed by atoms with Gasteiger partial charge in [0.1, 0.15) is 0 Å². The monoisotopic (exact) mass is 339 g/mol. The molecule has 1 aliphatic heterocycles. The average molecular weight is 340 g/mol. The number of halogens is 1. The van der Waals surface area contributed by atoms with Gasteiger partial charge in [-0.1, -0.05) is 34.1 Å². The van der Waals surface area contributed by atoms with Gasteiger partial charge < -0.3 is 10.0 Å². The zero-order valence-electron chi connectivity index (χ0n) is 11.4. The molecule has 108 valence electrons. The van der Waals surface area contributed by atoms with E-state index in [-0.39, 0.29) is 5.91 Å². The van der Waals surface area contributed by atoms with Gasteiger partial charge in [-0.15, -0.1) is 0 Å². The minimum Gasteiger partial charge on any atom is -0.481 e. The number of amides is 1. The number of carbonyl (C=O) groups excluding carboxylic acids is 1. The van der Waals surface area contributed by atoms with Crippen LogP contribution in [0.15, 0.2) is 28.7 Å². The molecule has 4 nitrogen and oxygen atoms in total. The van der Waals surface area contributed by atoms with Crippen molar-refractivity contribution in [2.75, 3.05) is 13.1 Å². The number of likely N-dealkylation sites (tertiary alicyclic amines) is 1. The van der Waals surface area contributed by atoms with Crippen molar-refractivity contribution in [3.05, 3.63) is 34.3 Å². The number of hydrogen-bond acceptors (Lipinski definition) is 2. The van der Waals surface area contributed by atoms with E-state index in [2.05, 4.69) is 15.9 Å². The van der Waals surface area contributed by atoms with Crippen LogP contribution >= 0.6 is 15.9 Å². The number of rotatable bonds is 4. The molecule has 5 heteroatoms. The molecule has 1 atom stereocenters.